The standard InChI is InChI=1S/C10H10ClFO2/c1-14-10-8(11)5-7(3-2-4-13)6-9(10)12/h4-6H,2-3H2,1H3. The van der Waals surface area contributed by atoms with E-state index >= 15 is 0 Å². The molecule has 1 aromatic rings. The lowest BCUT2D eigenvalue weighted by molar-refractivity contribution is -0.107. The van der Waals surface area contributed by atoms with Crippen molar-refractivity contribution in [2.45, 2.75) is 12.8 Å². The molecule has 0 saturated heterocycles. The first kappa shape index (κ1) is 11.0. The van der Waals surface area contributed by atoms with Crippen LogP contribution >= 0.6 is 11.6 Å². The van der Waals surface area contributed by atoms with Gasteiger partial charge in [-0.25, -0.2) is 4.39 Å². The molecule has 0 aliphatic carbocycles. The van der Waals surface area contributed by atoms with E-state index in [2.05, 4.69) is 0 Å². The fraction of sp³-hybridized carbons (Fsp3) is 0.300. The summed E-state index contributed by atoms with van der Waals surface area (Å²) in [5.41, 5.74) is 0.695. The van der Waals surface area contributed by atoms with E-state index in [1.807, 2.05) is 0 Å². The zero-order chi connectivity index (χ0) is 10.6. The third-order valence-corrected chi connectivity index (χ3v) is 2.09. The normalized spacial score (nSPS) is 9.93. The third kappa shape index (κ3) is 2.45. The fourth-order valence-corrected chi connectivity index (χ4v) is 1.48. The summed E-state index contributed by atoms with van der Waals surface area (Å²) < 4.78 is 18.0. The molecule has 0 fully saturated rings. The van der Waals surface area contributed by atoms with E-state index in [0.29, 0.717) is 18.4 Å². The van der Waals surface area contributed by atoms with Crippen LogP contribution in [0.5, 0.6) is 5.75 Å². The zero-order valence-corrected chi connectivity index (χ0v) is 8.47. The average molecular weight is 217 g/mol. The quantitative estimate of drug-likeness (QED) is 0.724. The van der Waals surface area contributed by atoms with E-state index in [0.717, 1.165) is 6.29 Å². The maximum absolute atomic E-state index is 13.2. The monoisotopic (exact) mass is 216 g/mol. The van der Waals surface area contributed by atoms with E-state index in [4.69, 9.17) is 16.3 Å². The molecule has 1 aromatic carbocycles. The van der Waals surface area contributed by atoms with Gasteiger partial charge in [0.25, 0.3) is 0 Å². The van der Waals surface area contributed by atoms with E-state index < -0.39 is 5.82 Å². The van der Waals surface area contributed by atoms with Gasteiger partial charge in [-0.05, 0) is 24.1 Å². The van der Waals surface area contributed by atoms with Crippen LogP contribution in [-0.4, -0.2) is 13.4 Å². The van der Waals surface area contributed by atoms with Crippen LogP contribution in [0, 0.1) is 5.82 Å². The molecule has 4 heteroatoms. The van der Waals surface area contributed by atoms with Crippen molar-refractivity contribution in [1.29, 1.82) is 0 Å². The van der Waals surface area contributed by atoms with Crippen LogP contribution in [0.2, 0.25) is 5.02 Å². The van der Waals surface area contributed by atoms with Gasteiger partial charge < -0.3 is 9.53 Å². The topological polar surface area (TPSA) is 26.3 Å². The van der Waals surface area contributed by atoms with Crippen LogP contribution in [0.25, 0.3) is 0 Å². The number of carbonyl (C=O) groups excluding carboxylic acids is 1. The Labute approximate surface area is 86.6 Å². The minimum Gasteiger partial charge on any atom is -0.492 e. The second-order valence-corrected chi connectivity index (χ2v) is 3.21. The summed E-state index contributed by atoms with van der Waals surface area (Å²) in [6, 6.07) is 2.93. The molecule has 0 atom stereocenters. The number of methoxy groups -OCH3 is 1. The van der Waals surface area contributed by atoms with Gasteiger partial charge in [0.2, 0.25) is 0 Å². The predicted octanol–water partition coefficient (Wildman–Crippen LogP) is 2.62. The third-order valence-electron chi connectivity index (χ3n) is 1.81. The summed E-state index contributed by atoms with van der Waals surface area (Å²) in [6.45, 7) is 0. The maximum Gasteiger partial charge on any atom is 0.173 e. The SMILES string of the molecule is COc1c(F)cc(CCC=O)cc1Cl. The second kappa shape index (κ2) is 4.96. The highest BCUT2D eigenvalue weighted by molar-refractivity contribution is 6.32. The van der Waals surface area contributed by atoms with Gasteiger partial charge in [0, 0.05) is 6.42 Å². The highest BCUT2D eigenvalue weighted by Crippen LogP contribution is 2.29. The molecular weight excluding hydrogens is 207 g/mol. The number of rotatable bonds is 4. The highest BCUT2D eigenvalue weighted by atomic mass is 35.5. The van der Waals surface area contributed by atoms with E-state index in [1.165, 1.54) is 13.2 Å². The first-order chi connectivity index (χ1) is 6.69. The summed E-state index contributed by atoms with van der Waals surface area (Å²) in [6.07, 6.45) is 1.64. The van der Waals surface area contributed by atoms with Gasteiger partial charge in [0.05, 0.1) is 12.1 Å². The van der Waals surface area contributed by atoms with Crippen molar-refractivity contribution in [3.8, 4) is 5.75 Å². The number of hydrogen-bond donors (Lipinski definition) is 0. The van der Waals surface area contributed by atoms with Crippen molar-refractivity contribution < 1.29 is 13.9 Å². The van der Waals surface area contributed by atoms with E-state index in [1.54, 1.807) is 6.07 Å². The zero-order valence-electron chi connectivity index (χ0n) is 7.72. The minimum atomic E-state index is -0.499. The highest BCUT2D eigenvalue weighted by Gasteiger charge is 2.09. The van der Waals surface area contributed by atoms with Crippen LogP contribution in [0.15, 0.2) is 12.1 Å². The molecule has 0 heterocycles. The average Bonchev–Trinajstić information content (AvgIpc) is 2.14. The van der Waals surface area contributed by atoms with Crippen molar-refractivity contribution in [3.63, 3.8) is 0 Å². The van der Waals surface area contributed by atoms with Crippen LogP contribution < -0.4 is 4.74 Å². The van der Waals surface area contributed by atoms with Crippen LogP contribution in [0.1, 0.15) is 12.0 Å². The molecular formula is C10H10ClFO2. The number of benzene rings is 1. The largest absolute Gasteiger partial charge is 0.492 e. The molecule has 0 radical (unpaired) electrons. The first-order valence-corrected chi connectivity index (χ1v) is 4.52. The molecule has 14 heavy (non-hydrogen) atoms. The minimum absolute atomic E-state index is 0.0431. The van der Waals surface area contributed by atoms with Crippen molar-refractivity contribution >= 4 is 17.9 Å². The lowest BCUT2D eigenvalue weighted by atomic mass is 10.1. The Hall–Kier alpha value is -1.09. The summed E-state index contributed by atoms with van der Waals surface area (Å²) in [5, 5.41) is 0.230. The number of carbonyl (C=O) groups is 1. The van der Waals surface area contributed by atoms with Gasteiger partial charge in [-0.1, -0.05) is 11.6 Å². The van der Waals surface area contributed by atoms with Gasteiger partial charge in [0.15, 0.2) is 11.6 Å². The van der Waals surface area contributed by atoms with E-state index in [9.17, 15) is 9.18 Å². The summed E-state index contributed by atoms with van der Waals surface area (Å²) in [4.78, 5) is 10.1. The number of ether oxygens (including phenoxy) is 1. The van der Waals surface area contributed by atoms with Crippen molar-refractivity contribution in [3.05, 3.63) is 28.5 Å². The lowest BCUT2D eigenvalue weighted by Gasteiger charge is -2.06. The summed E-state index contributed by atoms with van der Waals surface area (Å²) in [5.74, 6) is -0.456. The van der Waals surface area contributed by atoms with Gasteiger partial charge in [0.1, 0.15) is 6.29 Å². The van der Waals surface area contributed by atoms with Crippen molar-refractivity contribution in [2.75, 3.05) is 7.11 Å². The number of halogens is 2. The van der Waals surface area contributed by atoms with Gasteiger partial charge in [-0.2, -0.15) is 0 Å². The molecule has 76 valence electrons. The number of hydrogen-bond acceptors (Lipinski definition) is 2. The van der Waals surface area contributed by atoms with Gasteiger partial charge in [-0.15, -0.1) is 0 Å². The molecule has 0 bridgehead atoms. The molecule has 0 unspecified atom stereocenters. The van der Waals surface area contributed by atoms with Crippen LogP contribution in [0.4, 0.5) is 4.39 Å². The molecule has 0 aliphatic rings. The number of aldehydes is 1. The second-order valence-electron chi connectivity index (χ2n) is 2.80. The molecule has 0 aliphatic heterocycles. The Morgan fingerprint density at radius 2 is 2.29 bits per heavy atom. The fourth-order valence-electron chi connectivity index (χ4n) is 1.18. The summed E-state index contributed by atoms with van der Waals surface area (Å²) in [7, 11) is 1.36. The van der Waals surface area contributed by atoms with Gasteiger partial charge >= 0.3 is 0 Å². The summed E-state index contributed by atoms with van der Waals surface area (Å²) >= 11 is 5.76. The molecule has 1 rings (SSSR count). The molecule has 2 nitrogen and oxygen atoms in total. The van der Waals surface area contributed by atoms with Crippen molar-refractivity contribution in [1.82, 2.24) is 0 Å². The molecule has 0 saturated carbocycles. The molecule has 0 amide bonds. The molecule has 0 spiro atoms. The number of aryl methyl sites for hydroxylation is 1. The van der Waals surface area contributed by atoms with E-state index in [-0.39, 0.29) is 10.8 Å². The Bertz CT molecular complexity index is 316. The first-order valence-electron chi connectivity index (χ1n) is 4.14. The van der Waals surface area contributed by atoms with Crippen LogP contribution in [0.3, 0.4) is 0 Å². The molecule has 0 aromatic heterocycles. The Kier molecular flexibility index (Phi) is 3.89. The Morgan fingerprint density at radius 1 is 1.57 bits per heavy atom. The van der Waals surface area contributed by atoms with Crippen molar-refractivity contribution in [2.24, 2.45) is 0 Å². The predicted molar refractivity (Wildman–Crippen MR) is 52.3 cm³/mol. The Balaban J connectivity index is 2.95. The smallest absolute Gasteiger partial charge is 0.173 e. The maximum atomic E-state index is 13.2. The van der Waals surface area contributed by atoms with Crippen LogP contribution in [-0.2, 0) is 11.2 Å². The Morgan fingerprint density at radius 3 is 2.79 bits per heavy atom. The van der Waals surface area contributed by atoms with Gasteiger partial charge in [-0.3, -0.25) is 0 Å². The molecule has 0 N–H and O–H groups in total. The lowest BCUT2D eigenvalue weighted by Crippen LogP contribution is -1.93.